The van der Waals surface area contributed by atoms with Gasteiger partial charge in [-0.25, -0.2) is 0 Å². The minimum Gasteiger partial charge on any atom is -0.384 e. The van der Waals surface area contributed by atoms with Crippen LogP contribution >= 0.6 is 11.6 Å². The van der Waals surface area contributed by atoms with Gasteiger partial charge in [-0.2, -0.15) is 0 Å². The highest BCUT2D eigenvalue weighted by Crippen LogP contribution is 2.22. The first-order valence-corrected chi connectivity index (χ1v) is 8.38. The third-order valence-electron chi connectivity index (χ3n) is 3.74. The fourth-order valence-electron chi connectivity index (χ4n) is 2.40. The lowest BCUT2D eigenvalue weighted by Crippen LogP contribution is -1.94. The van der Waals surface area contributed by atoms with Crippen molar-refractivity contribution in [1.82, 2.24) is 0 Å². The number of hydrogen-bond donors (Lipinski definition) is 1. The Hall–Kier alpha value is -2.79. The van der Waals surface area contributed by atoms with E-state index in [0.717, 1.165) is 22.3 Å². The van der Waals surface area contributed by atoms with Crippen LogP contribution in [0.2, 0.25) is 5.02 Å². The molecule has 1 unspecified atom stereocenters. The highest BCUT2D eigenvalue weighted by molar-refractivity contribution is 6.30. The molecule has 0 saturated carbocycles. The quantitative estimate of drug-likeness (QED) is 0.621. The van der Waals surface area contributed by atoms with Gasteiger partial charge in [0.15, 0.2) is 0 Å². The van der Waals surface area contributed by atoms with Crippen molar-refractivity contribution in [2.75, 3.05) is 0 Å². The Bertz CT molecular complexity index is 901. The van der Waals surface area contributed by atoms with Gasteiger partial charge in [-0.15, -0.1) is 0 Å². The van der Waals surface area contributed by atoms with Crippen LogP contribution in [-0.2, 0) is 0 Å². The Morgan fingerprint density at radius 3 is 2.08 bits per heavy atom. The average molecular weight is 345 g/mol. The minimum absolute atomic E-state index is 0.669. The second-order valence-corrected chi connectivity index (χ2v) is 6.00. The fraction of sp³-hybridized carbons (Fsp3) is 0.0435. The molecule has 0 aliphatic rings. The molecule has 0 radical (unpaired) electrons. The number of hydrogen-bond acceptors (Lipinski definition) is 1. The lowest BCUT2D eigenvalue weighted by atomic mass is 10.0. The van der Waals surface area contributed by atoms with E-state index in [1.807, 2.05) is 84.9 Å². The van der Waals surface area contributed by atoms with Gasteiger partial charge in [0.1, 0.15) is 0 Å². The molecule has 25 heavy (non-hydrogen) atoms. The van der Waals surface area contributed by atoms with Gasteiger partial charge in [0.25, 0.3) is 0 Å². The fourth-order valence-corrected chi connectivity index (χ4v) is 2.53. The van der Waals surface area contributed by atoms with Gasteiger partial charge >= 0.3 is 0 Å². The smallest absolute Gasteiger partial charge is 0.0986 e. The van der Waals surface area contributed by atoms with Gasteiger partial charge in [0.2, 0.25) is 0 Å². The lowest BCUT2D eigenvalue weighted by Gasteiger charge is -2.08. The maximum atomic E-state index is 10.5. The molecule has 0 heterocycles. The molecule has 2 heteroatoms. The van der Waals surface area contributed by atoms with E-state index in [-0.39, 0.29) is 0 Å². The van der Waals surface area contributed by atoms with E-state index in [9.17, 15) is 5.11 Å². The highest BCUT2D eigenvalue weighted by atomic mass is 35.5. The monoisotopic (exact) mass is 344 g/mol. The van der Waals surface area contributed by atoms with Crippen molar-refractivity contribution in [2.45, 2.75) is 6.10 Å². The first-order chi connectivity index (χ1) is 12.2. The third kappa shape index (κ3) is 4.84. The molecule has 0 fully saturated rings. The first kappa shape index (κ1) is 17.0. The van der Waals surface area contributed by atoms with Gasteiger partial charge < -0.3 is 5.11 Å². The Kier molecular flexibility index (Phi) is 5.69. The van der Waals surface area contributed by atoms with Crippen LogP contribution in [0, 0.1) is 11.8 Å². The van der Waals surface area contributed by atoms with Crippen molar-refractivity contribution in [3.63, 3.8) is 0 Å². The van der Waals surface area contributed by atoms with E-state index in [1.165, 1.54) is 0 Å². The molecule has 0 aliphatic heterocycles. The predicted molar refractivity (Wildman–Crippen MR) is 104 cm³/mol. The molecule has 3 rings (SSSR count). The summed E-state index contributed by atoms with van der Waals surface area (Å²) in [6.07, 6.45) is 1.05. The Morgan fingerprint density at radius 2 is 1.44 bits per heavy atom. The van der Waals surface area contributed by atoms with E-state index >= 15 is 0 Å². The number of benzene rings is 3. The zero-order valence-electron chi connectivity index (χ0n) is 13.6. The summed E-state index contributed by atoms with van der Waals surface area (Å²) in [5.74, 6) is 6.33. The Labute approximate surface area is 153 Å². The van der Waals surface area contributed by atoms with Gasteiger partial charge in [-0.1, -0.05) is 84.1 Å². The van der Waals surface area contributed by atoms with Gasteiger partial charge in [0, 0.05) is 16.2 Å². The van der Waals surface area contributed by atoms with Gasteiger partial charge in [0.05, 0.1) is 6.10 Å². The van der Waals surface area contributed by atoms with Crippen LogP contribution in [0.4, 0.5) is 0 Å². The van der Waals surface area contributed by atoms with Crippen LogP contribution < -0.4 is 0 Å². The molecular formula is C23H17ClO. The van der Waals surface area contributed by atoms with E-state index < -0.39 is 6.10 Å². The van der Waals surface area contributed by atoms with Crippen LogP contribution in [0.25, 0.3) is 5.57 Å². The summed E-state index contributed by atoms with van der Waals surface area (Å²) >= 11 is 5.99. The molecule has 1 atom stereocenters. The number of aliphatic hydroxyl groups is 1. The molecule has 1 N–H and O–H groups in total. The third-order valence-corrected chi connectivity index (χ3v) is 3.99. The molecule has 0 aliphatic carbocycles. The van der Waals surface area contributed by atoms with Crippen molar-refractivity contribution in [2.24, 2.45) is 0 Å². The van der Waals surface area contributed by atoms with Gasteiger partial charge in [-0.05, 0) is 41.5 Å². The Balaban J connectivity index is 1.98. The van der Waals surface area contributed by atoms with E-state index in [0.29, 0.717) is 5.02 Å². The second kappa shape index (κ2) is 8.35. The number of halogens is 1. The molecule has 0 spiro atoms. The van der Waals surface area contributed by atoms with Crippen molar-refractivity contribution in [1.29, 1.82) is 0 Å². The van der Waals surface area contributed by atoms with E-state index in [4.69, 9.17) is 11.6 Å². The van der Waals surface area contributed by atoms with Gasteiger partial charge in [-0.3, -0.25) is 0 Å². The number of rotatable bonds is 3. The normalized spacial score (nSPS) is 12.2. The maximum Gasteiger partial charge on any atom is 0.0986 e. The highest BCUT2D eigenvalue weighted by Gasteiger charge is 2.07. The van der Waals surface area contributed by atoms with E-state index in [1.54, 1.807) is 6.08 Å². The van der Waals surface area contributed by atoms with Crippen LogP contribution in [0.5, 0.6) is 0 Å². The summed E-state index contributed by atoms with van der Waals surface area (Å²) in [5.41, 5.74) is 3.44. The van der Waals surface area contributed by atoms with Crippen molar-refractivity contribution < 1.29 is 5.11 Å². The van der Waals surface area contributed by atoms with Crippen molar-refractivity contribution >= 4 is 17.2 Å². The lowest BCUT2D eigenvalue weighted by molar-refractivity contribution is 0.229. The maximum absolute atomic E-state index is 10.5. The summed E-state index contributed by atoms with van der Waals surface area (Å²) in [4.78, 5) is 0. The molecule has 0 saturated heterocycles. The molecule has 1 nitrogen and oxygen atoms in total. The molecular weight excluding hydrogens is 328 g/mol. The van der Waals surface area contributed by atoms with Crippen LogP contribution in [-0.4, -0.2) is 5.11 Å². The average Bonchev–Trinajstić information content (AvgIpc) is 2.67. The standard InChI is InChI=1S/C23H17ClO/c24-22-15-13-19(14-16-22)21(12-11-18-7-3-1-4-8-18)17-23(25)20-9-5-2-6-10-20/h1-10,13-17,23,25H/b21-17+. The Morgan fingerprint density at radius 1 is 0.840 bits per heavy atom. The summed E-state index contributed by atoms with van der Waals surface area (Å²) in [5, 5.41) is 11.2. The molecule has 3 aromatic rings. The predicted octanol–water partition coefficient (Wildman–Crippen LogP) is 5.51. The van der Waals surface area contributed by atoms with Crippen molar-refractivity contribution in [3.8, 4) is 11.8 Å². The number of allylic oxidation sites excluding steroid dienone is 1. The van der Waals surface area contributed by atoms with Crippen LogP contribution in [0.15, 0.2) is 91.0 Å². The molecule has 122 valence electrons. The number of aliphatic hydroxyl groups excluding tert-OH is 1. The van der Waals surface area contributed by atoms with Crippen LogP contribution in [0.3, 0.4) is 0 Å². The second-order valence-electron chi connectivity index (χ2n) is 5.56. The van der Waals surface area contributed by atoms with Crippen molar-refractivity contribution in [3.05, 3.63) is 113 Å². The first-order valence-electron chi connectivity index (χ1n) is 8.00. The summed E-state index contributed by atoms with van der Waals surface area (Å²) in [6.45, 7) is 0. The van der Waals surface area contributed by atoms with E-state index in [2.05, 4.69) is 11.8 Å². The molecule has 0 bridgehead atoms. The zero-order valence-corrected chi connectivity index (χ0v) is 14.3. The SMILES string of the molecule is OC(/C=C(\C#Cc1ccccc1)c1ccc(Cl)cc1)c1ccccc1. The summed E-state index contributed by atoms with van der Waals surface area (Å²) in [7, 11) is 0. The largest absolute Gasteiger partial charge is 0.384 e. The zero-order chi connectivity index (χ0) is 17.5. The molecule has 0 aromatic heterocycles. The van der Waals surface area contributed by atoms with Crippen LogP contribution in [0.1, 0.15) is 22.8 Å². The minimum atomic E-state index is -0.725. The summed E-state index contributed by atoms with van der Waals surface area (Å²) in [6, 6.07) is 26.8. The molecule has 3 aromatic carbocycles. The topological polar surface area (TPSA) is 20.2 Å². The molecule has 0 amide bonds. The summed E-state index contributed by atoms with van der Waals surface area (Å²) < 4.78 is 0.